The lowest BCUT2D eigenvalue weighted by Crippen LogP contribution is -2.45. The summed E-state index contributed by atoms with van der Waals surface area (Å²) >= 11 is 0. The van der Waals surface area contributed by atoms with E-state index in [0.29, 0.717) is 0 Å². The number of hydrogen-bond acceptors (Lipinski definition) is 2. The Bertz CT molecular complexity index is 395. The largest absolute Gasteiger partial charge is 0.477 e. The van der Waals surface area contributed by atoms with Gasteiger partial charge in [0.15, 0.2) is 0 Å². The minimum atomic E-state index is -1.07. The lowest BCUT2D eigenvalue weighted by molar-refractivity contribution is -0.132. The first-order valence-corrected chi connectivity index (χ1v) is 6.46. The summed E-state index contributed by atoms with van der Waals surface area (Å²) in [5.74, 6) is 1.28. The molecule has 4 aliphatic carbocycles. The Balaban J connectivity index is 1.92. The molecule has 4 bridgehead atoms. The molecule has 0 aromatic heterocycles. The third-order valence-corrected chi connectivity index (χ3v) is 4.89. The lowest BCUT2D eigenvalue weighted by atomic mass is 9.49. The zero-order chi connectivity index (χ0) is 12.0. The molecule has 3 nitrogen and oxygen atoms in total. The van der Waals surface area contributed by atoms with Crippen LogP contribution in [0.4, 0.5) is 0 Å². The first-order valence-electron chi connectivity index (χ1n) is 6.46. The van der Waals surface area contributed by atoms with Crippen LogP contribution in [0.2, 0.25) is 0 Å². The van der Waals surface area contributed by atoms with Gasteiger partial charge in [0.2, 0.25) is 0 Å². The predicted octanol–water partition coefficient (Wildman–Crippen LogP) is 2.74. The minimum Gasteiger partial charge on any atom is -0.477 e. The van der Waals surface area contributed by atoms with Gasteiger partial charge in [-0.05, 0) is 61.7 Å². The minimum absolute atomic E-state index is 0.0399. The number of hydrogen-bond donors (Lipinski definition) is 1. The molecule has 0 atom stereocenters. The third-order valence-electron chi connectivity index (χ3n) is 4.89. The molecule has 0 amide bonds. The van der Waals surface area contributed by atoms with E-state index in [1.54, 1.807) is 6.08 Å². The number of carboxylic acid groups (broad SMARTS) is 1. The monoisotopic (exact) mass is 231 g/mol. The van der Waals surface area contributed by atoms with Gasteiger partial charge in [-0.3, -0.25) is 0 Å². The van der Waals surface area contributed by atoms with Crippen LogP contribution in [-0.4, -0.2) is 11.1 Å². The molecule has 0 aromatic rings. The van der Waals surface area contributed by atoms with E-state index in [2.05, 4.69) is 0 Å². The SMILES string of the molecule is N#C/C(=C\C12CC3CC(CC(C3)C1)C2)C(=O)O. The Morgan fingerprint density at radius 2 is 1.65 bits per heavy atom. The van der Waals surface area contributed by atoms with Gasteiger partial charge in [-0.2, -0.15) is 5.26 Å². The fourth-order valence-corrected chi connectivity index (χ4v) is 4.80. The summed E-state index contributed by atoms with van der Waals surface area (Å²) < 4.78 is 0. The highest BCUT2D eigenvalue weighted by Gasteiger charge is 2.50. The van der Waals surface area contributed by atoms with E-state index in [9.17, 15) is 4.79 Å². The van der Waals surface area contributed by atoms with Gasteiger partial charge in [-0.25, -0.2) is 4.79 Å². The molecule has 4 aliphatic rings. The first-order chi connectivity index (χ1) is 8.10. The summed E-state index contributed by atoms with van der Waals surface area (Å²) in [5, 5.41) is 17.9. The zero-order valence-electron chi connectivity index (χ0n) is 9.85. The Kier molecular flexibility index (Phi) is 2.29. The summed E-state index contributed by atoms with van der Waals surface area (Å²) in [6.45, 7) is 0. The molecule has 1 N–H and O–H groups in total. The molecule has 0 unspecified atom stereocenters. The maximum Gasteiger partial charge on any atom is 0.346 e. The van der Waals surface area contributed by atoms with Crippen LogP contribution in [0, 0.1) is 34.5 Å². The molecule has 0 saturated heterocycles. The standard InChI is InChI=1S/C14H17NO2/c15-8-12(13(16)17)7-14-4-9-1-10(5-14)3-11(2-9)6-14/h7,9-11H,1-6H2,(H,16,17)/b12-7+. The molecule has 0 spiro atoms. The van der Waals surface area contributed by atoms with Gasteiger partial charge in [0.25, 0.3) is 0 Å². The van der Waals surface area contributed by atoms with Crippen molar-refractivity contribution in [3.05, 3.63) is 11.6 Å². The number of nitrogens with zero attached hydrogens (tertiary/aromatic N) is 1. The Labute approximate surface area is 101 Å². The van der Waals surface area contributed by atoms with E-state index >= 15 is 0 Å². The predicted molar refractivity (Wildman–Crippen MR) is 61.9 cm³/mol. The van der Waals surface area contributed by atoms with Crippen molar-refractivity contribution >= 4 is 5.97 Å². The normalized spacial score (nSPS) is 43.5. The molecule has 0 radical (unpaired) electrons. The van der Waals surface area contributed by atoms with E-state index in [0.717, 1.165) is 37.0 Å². The molecule has 4 saturated carbocycles. The molecule has 17 heavy (non-hydrogen) atoms. The van der Waals surface area contributed by atoms with Gasteiger partial charge in [-0.1, -0.05) is 6.08 Å². The topological polar surface area (TPSA) is 61.1 Å². The number of carboxylic acids is 1. The smallest absolute Gasteiger partial charge is 0.346 e. The van der Waals surface area contributed by atoms with Crippen LogP contribution in [0.1, 0.15) is 38.5 Å². The number of aliphatic carboxylic acids is 1. The second kappa shape index (κ2) is 3.60. The number of allylic oxidation sites excluding steroid dienone is 1. The Morgan fingerprint density at radius 1 is 1.18 bits per heavy atom. The van der Waals surface area contributed by atoms with E-state index in [1.807, 2.05) is 6.07 Å². The van der Waals surface area contributed by atoms with Crippen LogP contribution in [-0.2, 0) is 4.79 Å². The summed E-state index contributed by atoms with van der Waals surface area (Å²) in [6.07, 6.45) is 9.12. The van der Waals surface area contributed by atoms with Crippen LogP contribution >= 0.6 is 0 Å². The molecule has 90 valence electrons. The van der Waals surface area contributed by atoms with Crippen molar-refractivity contribution in [3.8, 4) is 6.07 Å². The highest BCUT2D eigenvalue weighted by molar-refractivity contribution is 5.91. The summed E-state index contributed by atoms with van der Waals surface area (Å²) in [7, 11) is 0. The van der Waals surface area contributed by atoms with Crippen molar-refractivity contribution in [2.24, 2.45) is 23.2 Å². The molecule has 4 fully saturated rings. The molecular weight excluding hydrogens is 214 g/mol. The van der Waals surface area contributed by atoms with Crippen LogP contribution in [0.25, 0.3) is 0 Å². The number of carbonyl (C=O) groups is 1. The molecule has 0 aromatic carbocycles. The van der Waals surface area contributed by atoms with Crippen LogP contribution in [0.15, 0.2) is 11.6 Å². The van der Waals surface area contributed by atoms with E-state index in [4.69, 9.17) is 10.4 Å². The second-order valence-corrected chi connectivity index (χ2v) is 6.25. The lowest BCUT2D eigenvalue weighted by Gasteiger charge is -2.55. The van der Waals surface area contributed by atoms with Crippen molar-refractivity contribution < 1.29 is 9.90 Å². The quantitative estimate of drug-likeness (QED) is 0.587. The highest BCUT2D eigenvalue weighted by Crippen LogP contribution is 2.60. The van der Waals surface area contributed by atoms with Gasteiger partial charge in [0.05, 0.1) is 0 Å². The maximum absolute atomic E-state index is 11.0. The van der Waals surface area contributed by atoms with Crippen molar-refractivity contribution in [1.29, 1.82) is 5.26 Å². The van der Waals surface area contributed by atoms with Crippen LogP contribution in [0.3, 0.4) is 0 Å². The Morgan fingerprint density at radius 3 is 2.00 bits per heavy atom. The summed E-state index contributed by atoms with van der Waals surface area (Å²) in [4.78, 5) is 11.0. The summed E-state index contributed by atoms with van der Waals surface area (Å²) in [6, 6.07) is 1.84. The number of nitriles is 1. The van der Waals surface area contributed by atoms with Gasteiger partial charge < -0.3 is 5.11 Å². The van der Waals surface area contributed by atoms with Crippen molar-refractivity contribution in [2.45, 2.75) is 38.5 Å². The fraction of sp³-hybridized carbons (Fsp3) is 0.714. The van der Waals surface area contributed by atoms with Gasteiger partial charge in [0, 0.05) is 0 Å². The molecule has 0 aliphatic heterocycles. The second-order valence-electron chi connectivity index (χ2n) is 6.25. The number of rotatable bonds is 2. The van der Waals surface area contributed by atoms with Crippen molar-refractivity contribution in [1.82, 2.24) is 0 Å². The fourth-order valence-electron chi connectivity index (χ4n) is 4.80. The summed E-state index contributed by atoms with van der Waals surface area (Å²) in [5.41, 5.74) is -0.00924. The molecule has 4 rings (SSSR count). The average Bonchev–Trinajstić information content (AvgIpc) is 2.23. The first kappa shape index (κ1) is 10.8. The van der Waals surface area contributed by atoms with E-state index < -0.39 is 5.97 Å². The highest BCUT2D eigenvalue weighted by atomic mass is 16.4. The van der Waals surface area contributed by atoms with Crippen molar-refractivity contribution in [2.75, 3.05) is 0 Å². The van der Waals surface area contributed by atoms with Gasteiger partial charge in [-0.15, -0.1) is 0 Å². The Hall–Kier alpha value is -1.30. The molecular formula is C14H17NO2. The van der Waals surface area contributed by atoms with Crippen molar-refractivity contribution in [3.63, 3.8) is 0 Å². The average molecular weight is 231 g/mol. The molecule has 3 heteroatoms. The van der Waals surface area contributed by atoms with Gasteiger partial charge in [0.1, 0.15) is 11.6 Å². The van der Waals surface area contributed by atoms with Crippen LogP contribution in [0.5, 0.6) is 0 Å². The zero-order valence-corrected chi connectivity index (χ0v) is 9.85. The van der Waals surface area contributed by atoms with E-state index in [1.165, 1.54) is 19.3 Å². The maximum atomic E-state index is 11.0. The van der Waals surface area contributed by atoms with Crippen LogP contribution < -0.4 is 0 Å². The molecule has 0 heterocycles. The third kappa shape index (κ3) is 1.76. The van der Waals surface area contributed by atoms with E-state index in [-0.39, 0.29) is 11.0 Å². The van der Waals surface area contributed by atoms with Gasteiger partial charge >= 0.3 is 5.97 Å².